The fourth-order valence-electron chi connectivity index (χ4n) is 2.67. The van der Waals surface area contributed by atoms with Crippen LogP contribution in [0.1, 0.15) is 52.3 Å². The molecule has 1 saturated heterocycles. The number of carbonyl (C=O) groups is 3. The lowest BCUT2D eigenvalue weighted by molar-refractivity contribution is -0.113. The maximum Gasteiger partial charge on any atom is 0.341 e. The first-order valence-electron chi connectivity index (χ1n) is 8.38. The number of ether oxygens (including phenoxy) is 1. The maximum atomic E-state index is 12.3. The highest BCUT2D eigenvalue weighted by atomic mass is 32.2. The number of amides is 1. The van der Waals surface area contributed by atoms with Gasteiger partial charge in [-0.25, -0.2) is 4.79 Å². The Morgan fingerprint density at radius 3 is 2.54 bits per heavy atom. The van der Waals surface area contributed by atoms with Crippen molar-refractivity contribution in [3.05, 3.63) is 16.0 Å². The number of hydrogen-bond acceptors (Lipinski definition) is 7. The van der Waals surface area contributed by atoms with E-state index in [1.54, 1.807) is 13.8 Å². The van der Waals surface area contributed by atoms with E-state index in [-0.39, 0.29) is 29.6 Å². The van der Waals surface area contributed by atoms with Gasteiger partial charge in [-0.1, -0.05) is 24.0 Å². The minimum Gasteiger partial charge on any atom is -0.462 e. The number of rotatable bonds is 6. The van der Waals surface area contributed by atoms with Crippen LogP contribution in [0.25, 0.3) is 0 Å². The Balaban J connectivity index is 2.07. The van der Waals surface area contributed by atoms with Crippen LogP contribution in [0.4, 0.5) is 5.00 Å². The van der Waals surface area contributed by atoms with Crippen LogP contribution in [0.3, 0.4) is 0 Å². The van der Waals surface area contributed by atoms with Crippen molar-refractivity contribution in [2.45, 2.75) is 33.6 Å². The molecule has 1 aliphatic heterocycles. The predicted octanol–water partition coefficient (Wildman–Crippen LogP) is 3.49. The highest BCUT2D eigenvalue weighted by molar-refractivity contribution is 8.23. The van der Waals surface area contributed by atoms with Gasteiger partial charge in [0, 0.05) is 13.1 Å². The summed E-state index contributed by atoms with van der Waals surface area (Å²) in [4.78, 5) is 38.9. The quantitative estimate of drug-likeness (QED) is 0.434. The topological polar surface area (TPSA) is 75.7 Å². The molecule has 142 valence electrons. The van der Waals surface area contributed by atoms with Crippen LogP contribution in [-0.4, -0.2) is 52.3 Å². The molecule has 1 fully saturated rings. The third-order valence-electron chi connectivity index (χ3n) is 3.89. The van der Waals surface area contributed by atoms with E-state index in [0.717, 1.165) is 41.6 Å². The Morgan fingerprint density at radius 1 is 1.31 bits per heavy atom. The minimum atomic E-state index is -0.538. The first-order chi connectivity index (χ1) is 12.3. The molecular formula is C17H22N2O4S3. The average Bonchev–Trinajstić information content (AvgIpc) is 3.21. The van der Waals surface area contributed by atoms with Crippen molar-refractivity contribution < 1.29 is 19.1 Å². The lowest BCUT2D eigenvalue weighted by Crippen LogP contribution is -2.25. The van der Waals surface area contributed by atoms with Crippen molar-refractivity contribution in [1.29, 1.82) is 0 Å². The predicted molar refractivity (Wildman–Crippen MR) is 110 cm³/mol. The van der Waals surface area contributed by atoms with Crippen LogP contribution in [-0.2, 0) is 9.53 Å². The van der Waals surface area contributed by atoms with Gasteiger partial charge in [0.1, 0.15) is 9.32 Å². The molecule has 1 aromatic rings. The van der Waals surface area contributed by atoms with Gasteiger partial charge in [-0.3, -0.25) is 9.59 Å². The summed E-state index contributed by atoms with van der Waals surface area (Å²) >= 11 is 7.76. The molecular weight excluding hydrogens is 392 g/mol. The molecule has 1 amide bonds. The van der Waals surface area contributed by atoms with Crippen molar-refractivity contribution in [2.75, 3.05) is 30.8 Å². The number of thiocarbonyl (C=S) groups is 1. The fraction of sp³-hybridized carbons (Fsp3) is 0.529. The smallest absolute Gasteiger partial charge is 0.341 e. The second-order valence-electron chi connectivity index (χ2n) is 5.83. The molecule has 0 bridgehead atoms. The SMILES string of the molecule is CCOC(=O)c1c(NC(=O)CSC(=S)N2CCCC2)sc(C(C)=O)c1C. The molecule has 0 radical (unpaired) electrons. The molecule has 1 aromatic heterocycles. The summed E-state index contributed by atoms with van der Waals surface area (Å²) in [6, 6.07) is 0. The molecule has 2 rings (SSSR count). The van der Waals surface area contributed by atoms with Gasteiger partial charge in [0.15, 0.2) is 5.78 Å². The molecule has 2 heterocycles. The molecule has 26 heavy (non-hydrogen) atoms. The largest absolute Gasteiger partial charge is 0.462 e. The molecule has 0 saturated carbocycles. The highest BCUT2D eigenvalue weighted by Crippen LogP contribution is 2.34. The summed E-state index contributed by atoms with van der Waals surface area (Å²) in [5.74, 6) is -0.796. The zero-order valence-electron chi connectivity index (χ0n) is 15.0. The molecule has 0 aliphatic carbocycles. The van der Waals surface area contributed by atoms with Crippen LogP contribution in [0.2, 0.25) is 0 Å². The average molecular weight is 415 g/mol. The van der Waals surface area contributed by atoms with E-state index in [1.807, 2.05) is 0 Å². The molecule has 0 spiro atoms. The Bertz CT molecular complexity index is 724. The number of nitrogens with zero attached hydrogens (tertiary/aromatic N) is 1. The van der Waals surface area contributed by atoms with Gasteiger partial charge in [0.2, 0.25) is 5.91 Å². The Morgan fingerprint density at radius 2 is 1.96 bits per heavy atom. The minimum absolute atomic E-state index is 0.150. The Labute approximate surface area is 166 Å². The Hall–Kier alpha value is -1.45. The second-order valence-corrected chi connectivity index (χ2v) is 8.46. The number of nitrogens with one attached hydrogen (secondary N) is 1. The second kappa shape index (κ2) is 9.48. The number of Topliss-reactive ketones (excluding diaryl/α,β-unsaturated/α-hetero) is 1. The molecule has 1 N–H and O–H groups in total. The third-order valence-corrected chi connectivity index (χ3v) is 6.72. The van der Waals surface area contributed by atoms with Crippen molar-refractivity contribution >= 4 is 62.3 Å². The lowest BCUT2D eigenvalue weighted by Gasteiger charge is -2.17. The van der Waals surface area contributed by atoms with E-state index >= 15 is 0 Å². The van der Waals surface area contributed by atoms with E-state index in [9.17, 15) is 14.4 Å². The van der Waals surface area contributed by atoms with Gasteiger partial charge >= 0.3 is 5.97 Å². The van der Waals surface area contributed by atoms with Crippen LogP contribution < -0.4 is 5.32 Å². The molecule has 9 heteroatoms. The van der Waals surface area contributed by atoms with E-state index in [2.05, 4.69) is 10.2 Å². The molecule has 0 atom stereocenters. The van der Waals surface area contributed by atoms with E-state index in [0.29, 0.717) is 15.4 Å². The van der Waals surface area contributed by atoms with Gasteiger partial charge in [-0.05, 0) is 39.2 Å². The van der Waals surface area contributed by atoms with E-state index < -0.39 is 5.97 Å². The molecule has 0 aromatic carbocycles. The van der Waals surface area contributed by atoms with Crippen LogP contribution in [0.5, 0.6) is 0 Å². The zero-order chi connectivity index (χ0) is 19.3. The summed E-state index contributed by atoms with van der Waals surface area (Å²) in [5, 5.41) is 3.09. The zero-order valence-corrected chi connectivity index (χ0v) is 17.5. The number of thiophene rings is 1. The normalized spacial score (nSPS) is 13.6. The molecule has 0 unspecified atom stereocenters. The van der Waals surface area contributed by atoms with Gasteiger partial charge in [0.25, 0.3) is 0 Å². The number of carbonyl (C=O) groups excluding carboxylic acids is 3. The molecule has 1 aliphatic rings. The van der Waals surface area contributed by atoms with Gasteiger partial charge < -0.3 is 15.0 Å². The summed E-state index contributed by atoms with van der Waals surface area (Å²) in [6.45, 7) is 6.92. The Kier molecular flexibility index (Phi) is 7.60. The van der Waals surface area contributed by atoms with Crippen molar-refractivity contribution in [3.8, 4) is 0 Å². The number of hydrogen-bond donors (Lipinski definition) is 1. The number of esters is 1. The van der Waals surface area contributed by atoms with Crippen LogP contribution in [0.15, 0.2) is 0 Å². The van der Waals surface area contributed by atoms with Crippen molar-refractivity contribution in [2.24, 2.45) is 0 Å². The monoisotopic (exact) mass is 414 g/mol. The van der Waals surface area contributed by atoms with E-state index in [4.69, 9.17) is 17.0 Å². The summed E-state index contributed by atoms with van der Waals surface area (Å²) in [5.41, 5.74) is 0.791. The lowest BCUT2D eigenvalue weighted by atomic mass is 10.1. The first kappa shape index (κ1) is 20.9. The highest BCUT2D eigenvalue weighted by Gasteiger charge is 2.25. The number of likely N-dealkylation sites (tertiary alicyclic amines) is 1. The third kappa shape index (κ3) is 5.05. The number of anilines is 1. The van der Waals surface area contributed by atoms with Crippen LogP contribution >= 0.6 is 35.3 Å². The molecule has 6 nitrogen and oxygen atoms in total. The van der Waals surface area contributed by atoms with Gasteiger partial charge in [-0.15, -0.1) is 11.3 Å². The van der Waals surface area contributed by atoms with Crippen LogP contribution in [0, 0.1) is 6.92 Å². The van der Waals surface area contributed by atoms with Crippen molar-refractivity contribution in [1.82, 2.24) is 4.90 Å². The first-order valence-corrected chi connectivity index (χ1v) is 10.6. The summed E-state index contributed by atoms with van der Waals surface area (Å²) in [7, 11) is 0. The van der Waals surface area contributed by atoms with Gasteiger partial charge in [-0.2, -0.15) is 0 Å². The van der Waals surface area contributed by atoms with E-state index in [1.165, 1.54) is 18.7 Å². The maximum absolute atomic E-state index is 12.3. The standard InChI is InChI=1S/C17H22N2O4S3/c1-4-23-16(22)13-10(2)14(11(3)20)26-15(13)18-12(21)9-25-17(24)19-7-5-6-8-19/h4-9H2,1-3H3,(H,18,21). The summed E-state index contributed by atoms with van der Waals surface area (Å²) in [6.07, 6.45) is 2.25. The van der Waals surface area contributed by atoms with Gasteiger partial charge in [0.05, 0.1) is 22.8 Å². The number of thioether (sulfide) groups is 1. The van der Waals surface area contributed by atoms with Crippen molar-refractivity contribution in [3.63, 3.8) is 0 Å². The fourth-order valence-corrected chi connectivity index (χ4v) is 4.83. The number of ketones is 1. The summed E-state index contributed by atoms with van der Waals surface area (Å²) < 4.78 is 5.78.